The number of benzene rings is 1. The molecular formula is C13H18FN3O. The molecular weight excluding hydrogens is 233 g/mol. The van der Waals surface area contributed by atoms with E-state index in [4.69, 9.17) is 5.73 Å². The molecule has 0 unspecified atom stereocenters. The minimum absolute atomic E-state index is 0.0470. The molecule has 5 heteroatoms. The molecule has 0 atom stereocenters. The van der Waals surface area contributed by atoms with E-state index in [-0.39, 0.29) is 11.6 Å². The molecule has 98 valence electrons. The Bertz CT molecular complexity index is 430. The second-order valence-electron chi connectivity index (χ2n) is 4.62. The summed E-state index contributed by atoms with van der Waals surface area (Å²) in [6.07, 6.45) is 3.54. The highest BCUT2D eigenvalue weighted by molar-refractivity contribution is 5.92. The third-order valence-electron chi connectivity index (χ3n) is 3.10. The molecule has 1 aromatic rings. The zero-order valence-electron chi connectivity index (χ0n) is 10.3. The standard InChI is InChI=1S/C13H18FN3O/c14-11-5-4-10(8-12(11)15)16-13(18)9-17-6-2-1-3-7-17/h4-5,8H,1-3,6-7,9,15H2,(H,16,18). The second kappa shape index (κ2) is 5.82. The maximum Gasteiger partial charge on any atom is 0.238 e. The van der Waals surface area contributed by atoms with Gasteiger partial charge in [0.2, 0.25) is 5.91 Å². The second-order valence-corrected chi connectivity index (χ2v) is 4.62. The molecule has 4 nitrogen and oxygen atoms in total. The van der Waals surface area contributed by atoms with Crippen LogP contribution in [0.25, 0.3) is 0 Å². The summed E-state index contributed by atoms with van der Waals surface area (Å²) in [4.78, 5) is 13.9. The van der Waals surface area contributed by atoms with Crippen LogP contribution in [0.4, 0.5) is 15.8 Å². The van der Waals surface area contributed by atoms with E-state index in [1.165, 1.54) is 24.6 Å². The summed E-state index contributed by atoms with van der Waals surface area (Å²) >= 11 is 0. The maximum absolute atomic E-state index is 13.0. The third-order valence-corrected chi connectivity index (χ3v) is 3.10. The van der Waals surface area contributed by atoms with Gasteiger partial charge in [-0.15, -0.1) is 0 Å². The first-order chi connectivity index (χ1) is 8.65. The minimum Gasteiger partial charge on any atom is -0.396 e. The Morgan fingerprint density at radius 2 is 2.06 bits per heavy atom. The summed E-state index contributed by atoms with van der Waals surface area (Å²) < 4.78 is 13.0. The SMILES string of the molecule is Nc1cc(NC(=O)CN2CCCCC2)ccc1F. The van der Waals surface area contributed by atoms with E-state index in [0.29, 0.717) is 12.2 Å². The van der Waals surface area contributed by atoms with Crippen LogP contribution in [0.5, 0.6) is 0 Å². The average molecular weight is 251 g/mol. The Labute approximate surface area is 106 Å². The van der Waals surface area contributed by atoms with Crippen LogP contribution in [0.1, 0.15) is 19.3 Å². The smallest absolute Gasteiger partial charge is 0.238 e. The lowest BCUT2D eigenvalue weighted by molar-refractivity contribution is -0.117. The first kappa shape index (κ1) is 12.8. The van der Waals surface area contributed by atoms with Crippen molar-refractivity contribution >= 4 is 17.3 Å². The first-order valence-electron chi connectivity index (χ1n) is 6.22. The van der Waals surface area contributed by atoms with E-state index in [1.54, 1.807) is 0 Å². The number of nitrogens with one attached hydrogen (secondary N) is 1. The van der Waals surface area contributed by atoms with Gasteiger partial charge >= 0.3 is 0 Å². The number of rotatable bonds is 3. The lowest BCUT2D eigenvalue weighted by Gasteiger charge is -2.25. The first-order valence-corrected chi connectivity index (χ1v) is 6.22. The van der Waals surface area contributed by atoms with Gasteiger partial charge < -0.3 is 11.1 Å². The molecule has 0 radical (unpaired) electrons. The van der Waals surface area contributed by atoms with Crippen molar-refractivity contribution in [1.82, 2.24) is 4.90 Å². The van der Waals surface area contributed by atoms with E-state index >= 15 is 0 Å². The molecule has 1 amide bonds. The highest BCUT2D eigenvalue weighted by Gasteiger charge is 2.14. The van der Waals surface area contributed by atoms with Crippen LogP contribution in [0.2, 0.25) is 0 Å². The summed E-state index contributed by atoms with van der Waals surface area (Å²) in [5.74, 6) is -0.549. The van der Waals surface area contributed by atoms with Gasteiger partial charge in [-0.25, -0.2) is 4.39 Å². The van der Waals surface area contributed by atoms with Crippen molar-refractivity contribution in [1.29, 1.82) is 0 Å². The van der Waals surface area contributed by atoms with Crippen LogP contribution >= 0.6 is 0 Å². The number of hydrogen-bond acceptors (Lipinski definition) is 3. The molecule has 1 aliphatic rings. The van der Waals surface area contributed by atoms with E-state index < -0.39 is 5.82 Å². The molecule has 0 saturated carbocycles. The number of nitrogen functional groups attached to an aromatic ring is 1. The van der Waals surface area contributed by atoms with Gasteiger partial charge in [0.1, 0.15) is 5.82 Å². The van der Waals surface area contributed by atoms with Gasteiger partial charge in [0, 0.05) is 5.69 Å². The number of nitrogens with two attached hydrogens (primary N) is 1. The molecule has 1 heterocycles. The number of halogens is 1. The summed E-state index contributed by atoms with van der Waals surface area (Å²) in [5.41, 5.74) is 6.03. The van der Waals surface area contributed by atoms with Crippen LogP contribution in [-0.4, -0.2) is 30.4 Å². The Kier molecular flexibility index (Phi) is 4.15. The quantitative estimate of drug-likeness (QED) is 0.806. The lowest BCUT2D eigenvalue weighted by Crippen LogP contribution is -2.36. The van der Waals surface area contributed by atoms with Crippen LogP contribution in [0, 0.1) is 5.82 Å². The van der Waals surface area contributed by atoms with E-state index in [0.717, 1.165) is 25.9 Å². The largest absolute Gasteiger partial charge is 0.396 e. The summed E-state index contributed by atoms with van der Waals surface area (Å²) in [6, 6.07) is 4.20. The van der Waals surface area contributed by atoms with Crippen LogP contribution in [-0.2, 0) is 4.79 Å². The number of piperidine rings is 1. The van der Waals surface area contributed by atoms with Gasteiger partial charge in [0.05, 0.1) is 12.2 Å². The van der Waals surface area contributed by atoms with Crippen molar-refractivity contribution in [2.45, 2.75) is 19.3 Å². The van der Waals surface area contributed by atoms with Gasteiger partial charge in [-0.05, 0) is 44.1 Å². The molecule has 1 aromatic carbocycles. The van der Waals surface area contributed by atoms with Crippen LogP contribution in [0.15, 0.2) is 18.2 Å². The Morgan fingerprint density at radius 3 is 2.72 bits per heavy atom. The van der Waals surface area contributed by atoms with Crippen LogP contribution < -0.4 is 11.1 Å². The number of anilines is 2. The molecule has 0 bridgehead atoms. The number of nitrogens with zero attached hydrogens (tertiary/aromatic N) is 1. The molecule has 0 spiro atoms. The van der Waals surface area contributed by atoms with Gasteiger partial charge in [-0.1, -0.05) is 6.42 Å². The van der Waals surface area contributed by atoms with Crippen molar-refractivity contribution in [3.8, 4) is 0 Å². The minimum atomic E-state index is -0.468. The predicted octanol–water partition coefficient (Wildman–Crippen LogP) is 1.83. The normalized spacial score (nSPS) is 16.5. The summed E-state index contributed by atoms with van der Waals surface area (Å²) in [6.45, 7) is 2.33. The number of carbonyl (C=O) groups is 1. The van der Waals surface area contributed by atoms with Gasteiger partial charge in [-0.2, -0.15) is 0 Å². The van der Waals surface area contributed by atoms with Gasteiger partial charge in [0.15, 0.2) is 0 Å². The molecule has 1 fully saturated rings. The van der Waals surface area contributed by atoms with Gasteiger partial charge in [0.25, 0.3) is 0 Å². The van der Waals surface area contributed by atoms with E-state index in [1.807, 2.05) is 0 Å². The summed E-state index contributed by atoms with van der Waals surface area (Å²) in [5, 5.41) is 2.73. The van der Waals surface area contributed by atoms with Crippen molar-refractivity contribution in [3.05, 3.63) is 24.0 Å². The molecule has 2 rings (SSSR count). The Hall–Kier alpha value is -1.62. The fraction of sp³-hybridized carbons (Fsp3) is 0.462. The number of likely N-dealkylation sites (tertiary alicyclic amines) is 1. The average Bonchev–Trinajstić information content (AvgIpc) is 2.35. The van der Waals surface area contributed by atoms with Crippen molar-refractivity contribution in [2.75, 3.05) is 30.7 Å². The zero-order chi connectivity index (χ0) is 13.0. The number of hydrogen-bond donors (Lipinski definition) is 2. The van der Waals surface area contributed by atoms with E-state index in [2.05, 4.69) is 10.2 Å². The van der Waals surface area contributed by atoms with Crippen LogP contribution in [0.3, 0.4) is 0 Å². The molecule has 0 aliphatic carbocycles. The highest BCUT2D eigenvalue weighted by Crippen LogP contribution is 2.16. The molecule has 18 heavy (non-hydrogen) atoms. The van der Waals surface area contributed by atoms with Crippen molar-refractivity contribution in [3.63, 3.8) is 0 Å². The fourth-order valence-corrected chi connectivity index (χ4v) is 2.14. The van der Waals surface area contributed by atoms with Gasteiger partial charge in [-0.3, -0.25) is 9.69 Å². The molecule has 0 aromatic heterocycles. The molecule has 1 aliphatic heterocycles. The Balaban J connectivity index is 1.88. The van der Waals surface area contributed by atoms with Crippen molar-refractivity contribution in [2.24, 2.45) is 0 Å². The molecule has 3 N–H and O–H groups in total. The third kappa shape index (κ3) is 3.43. The summed E-state index contributed by atoms with van der Waals surface area (Å²) in [7, 11) is 0. The molecule has 1 saturated heterocycles. The van der Waals surface area contributed by atoms with E-state index in [9.17, 15) is 9.18 Å². The fourth-order valence-electron chi connectivity index (χ4n) is 2.14. The Morgan fingerprint density at radius 1 is 1.33 bits per heavy atom. The monoisotopic (exact) mass is 251 g/mol. The number of carbonyl (C=O) groups excluding carboxylic acids is 1. The lowest BCUT2D eigenvalue weighted by atomic mass is 10.1. The highest BCUT2D eigenvalue weighted by atomic mass is 19.1. The van der Waals surface area contributed by atoms with Crippen molar-refractivity contribution < 1.29 is 9.18 Å². The zero-order valence-corrected chi connectivity index (χ0v) is 10.3. The topological polar surface area (TPSA) is 58.4 Å². The maximum atomic E-state index is 13.0. The number of amides is 1. The predicted molar refractivity (Wildman–Crippen MR) is 69.7 cm³/mol.